The lowest BCUT2D eigenvalue weighted by molar-refractivity contribution is 0.400. The maximum atomic E-state index is 14.6. The molecule has 37 heavy (non-hydrogen) atoms. The fraction of sp³-hybridized carbons (Fsp3) is 0.185. The molecule has 6 rings (SSSR count). The van der Waals surface area contributed by atoms with Gasteiger partial charge in [-0.25, -0.2) is 9.37 Å². The Hall–Kier alpha value is -4.57. The molecule has 10 heteroatoms. The highest BCUT2D eigenvalue weighted by Crippen LogP contribution is 2.32. The Morgan fingerprint density at radius 1 is 0.892 bits per heavy atom. The highest BCUT2D eigenvalue weighted by atomic mass is 19.1. The monoisotopic (exact) mass is 493 g/mol. The number of H-pyrrole nitrogens is 2. The van der Waals surface area contributed by atoms with E-state index in [1.54, 1.807) is 37.1 Å². The van der Waals surface area contributed by atoms with E-state index < -0.39 is 0 Å². The van der Waals surface area contributed by atoms with Gasteiger partial charge in [0, 0.05) is 29.5 Å². The lowest BCUT2D eigenvalue weighted by Crippen LogP contribution is -2.13. The number of rotatable bonds is 7. The van der Waals surface area contributed by atoms with Crippen molar-refractivity contribution in [3.8, 4) is 34.2 Å². The smallest absolute Gasteiger partial charge is 0.159 e. The van der Waals surface area contributed by atoms with E-state index in [2.05, 4.69) is 40.0 Å². The molecule has 0 atom stereocenters. The Bertz CT molecular complexity index is 1710. The number of benzene rings is 1. The van der Waals surface area contributed by atoms with Crippen molar-refractivity contribution < 1.29 is 4.39 Å². The van der Waals surface area contributed by atoms with E-state index in [1.807, 2.05) is 32.3 Å². The maximum Gasteiger partial charge on any atom is 0.159 e. The van der Waals surface area contributed by atoms with Crippen LogP contribution in [-0.4, -0.2) is 65.6 Å². The van der Waals surface area contributed by atoms with Gasteiger partial charge in [0.15, 0.2) is 5.82 Å². The molecule has 0 saturated heterocycles. The summed E-state index contributed by atoms with van der Waals surface area (Å²) in [4.78, 5) is 27.8. The summed E-state index contributed by atoms with van der Waals surface area (Å²) in [6.45, 7) is 0.939. The van der Waals surface area contributed by atoms with Crippen LogP contribution >= 0.6 is 0 Å². The summed E-state index contributed by atoms with van der Waals surface area (Å²) in [6.07, 6.45) is 10.1. The molecule has 0 bridgehead atoms. The number of aromatic nitrogens is 8. The number of halogens is 1. The van der Waals surface area contributed by atoms with Crippen molar-refractivity contribution in [3.63, 3.8) is 0 Å². The molecule has 0 unspecified atom stereocenters. The van der Waals surface area contributed by atoms with Gasteiger partial charge in [0.2, 0.25) is 0 Å². The third-order valence-corrected chi connectivity index (χ3v) is 6.20. The highest BCUT2D eigenvalue weighted by Gasteiger charge is 2.17. The molecule has 6 aromatic rings. The minimum Gasteiger partial charge on any atom is -0.336 e. The van der Waals surface area contributed by atoms with Gasteiger partial charge in [-0.05, 0) is 69.4 Å². The van der Waals surface area contributed by atoms with Crippen molar-refractivity contribution >= 4 is 21.9 Å². The summed E-state index contributed by atoms with van der Waals surface area (Å²) in [7, 11) is 4.07. The van der Waals surface area contributed by atoms with Gasteiger partial charge in [-0.1, -0.05) is 0 Å². The van der Waals surface area contributed by atoms with Gasteiger partial charge in [-0.3, -0.25) is 25.0 Å². The zero-order chi connectivity index (χ0) is 25.4. The lowest BCUT2D eigenvalue weighted by atomic mass is 10.0. The van der Waals surface area contributed by atoms with Gasteiger partial charge in [0.05, 0.1) is 34.8 Å². The van der Waals surface area contributed by atoms with Crippen LogP contribution in [-0.2, 0) is 6.42 Å². The van der Waals surface area contributed by atoms with E-state index in [1.165, 1.54) is 6.07 Å². The number of pyridine rings is 2. The molecule has 0 radical (unpaired) electrons. The molecule has 5 aromatic heterocycles. The van der Waals surface area contributed by atoms with Crippen molar-refractivity contribution in [2.75, 3.05) is 20.6 Å². The number of fused-ring (bicyclic) bond motifs is 2. The highest BCUT2D eigenvalue weighted by molar-refractivity contribution is 5.96. The predicted octanol–water partition coefficient (Wildman–Crippen LogP) is 4.65. The summed E-state index contributed by atoms with van der Waals surface area (Å²) in [5, 5.41) is 8.36. The normalized spacial score (nSPS) is 11.7. The topological polar surface area (TPSA) is 112 Å². The third kappa shape index (κ3) is 4.54. The molecule has 0 spiro atoms. The van der Waals surface area contributed by atoms with E-state index in [0.717, 1.165) is 41.4 Å². The van der Waals surface area contributed by atoms with E-state index >= 15 is 0 Å². The fourth-order valence-corrected chi connectivity index (χ4v) is 4.46. The van der Waals surface area contributed by atoms with Crippen LogP contribution in [0.1, 0.15) is 12.0 Å². The SMILES string of the molecule is CN(C)CCCc1cc(F)cc(-c2nccc3[nH]c(-c4n[nH]c5cnc(-c6cnccn6)cc45)nc23)c1. The van der Waals surface area contributed by atoms with Crippen LogP contribution < -0.4 is 0 Å². The molecule has 0 aliphatic heterocycles. The molecule has 0 amide bonds. The van der Waals surface area contributed by atoms with Gasteiger partial charge in [-0.15, -0.1) is 0 Å². The van der Waals surface area contributed by atoms with Gasteiger partial charge in [0.1, 0.15) is 22.7 Å². The second-order valence-corrected chi connectivity index (χ2v) is 9.17. The Labute approximate surface area is 211 Å². The minimum atomic E-state index is -0.283. The molecule has 5 heterocycles. The number of hydrogen-bond acceptors (Lipinski definition) is 7. The number of hydrogen-bond donors (Lipinski definition) is 2. The molecule has 0 saturated carbocycles. The zero-order valence-electron chi connectivity index (χ0n) is 20.4. The number of imidazole rings is 1. The van der Waals surface area contributed by atoms with Crippen molar-refractivity contribution in [3.05, 3.63) is 72.7 Å². The molecule has 1 aromatic carbocycles. The summed E-state index contributed by atoms with van der Waals surface area (Å²) in [5.41, 5.74) is 6.47. The van der Waals surface area contributed by atoms with Crippen molar-refractivity contribution in [2.45, 2.75) is 12.8 Å². The van der Waals surface area contributed by atoms with Crippen LogP contribution in [0.2, 0.25) is 0 Å². The van der Waals surface area contributed by atoms with E-state index in [0.29, 0.717) is 39.7 Å². The number of nitrogens with zero attached hydrogens (tertiary/aromatic N) is 7. The van der Waals surface area contributed by atoms with Gasteiger partial charge in [0.25, 0.3) is 0 Å². The van der Waals surface area contributed by atoms with Crippen LogP contribution in [0.3, 0.4) is 0 Å². The molecule has 0 fully saturated rings. The summed E-state index contributed by atoms with van der Waals surface area (Å²) < 4.78 is 14.6. The Morgan fingerprint density at radius 2 is 1.81 bits per heavy atom. The number of aromatic amines is 2. The Kier molecular flexibility index (Phi) is 5.85. The Morgan fingerprint density at radius 3 is 2.65 bits per heavy atom. The molecule has 2 N–H and O–H groups in total. The summed E-state index contributed by atoms with van der Waals surface area (Å²) in [6, 6.07) is 8.87. The standard InChI is InChI=1S/C27H24FN9/c1-37(2)9-3-4-16-10-17(12-18(28)11-16)24-26-20(5-6-31-24)33-27(34-26)25-19-13-21(23-14-29-7-8-30-23)32-15-22(19)35-36-25/h5-8,10-15H,3-4,9H2,1-2H3,(H,33,34)(H,35,36). The number of aryl methyl sites for hydroxylation is 1. The summed E-state index contributed by atoms with van der Waals surface area (Å²) in [5.74, 6) is 0.295. The zero-order valence-corrected chi connectivity index (χ0v) is 20.4. The fourth-order valence-electron chi connectivity index (χ4n) is 4.46. The first-order chi connectivity index (χ1) is 18.0. The second kappa shape index (κ2) is 9.47. The molecule has 9 nitrogen and oxygen atoms in total. The van der Waals surface area contributed by atoms with Crippen molar-refractivity contribution in [2.24, 2.45) is 0 Å². The first-order valence-corrected chi connectivity index (χ1v) is 12.0. The van der Waals surface area contributed by atoms with Crippen LogP contribution in [0.5, 0.6) is 0 Å². The summed E-state index contributed by atoms with van der Waals surface area (Å²) >= 11 is 0. The van der Waals surface area contributed by atoms with Crippen LogP contribution in [0, 0.1) is 5.82 Å². The van der Waals surface area contributed by atoms with Crippen LogP contribution in [0.4, 0.5) is 4.39 Å². The molecule has 0 aliphatic rings. The molecular weight excluding hydrogens is 469 g/mol. The average Bonchev–Trinajstić information content (AvgIpc) is 3.52. The minimum absolute atomic E-state index is 0.283. The second-order valence-electron chi connectivity index (χ2n) is 9.17. The van der Waals surface area contributed by atoms with Crippen molar-refractivity contribution in [1.29, 1.82) is 0 Å². The Balaban J connectivity index is 1.41. The largest absolute Gasteiger partial charge is 0.336 e. The van der Waals surface area contributed by atoms with E-state index in [9.17, 15) is 4.39 Å². The first-order valence-electron chi connectivity index (χ1n) is 12.0. The van der Waals surface area contributed by atoms with Crippen LogP contribution in [0.15, 0.2) is 61.3 Å². The molecular formula is C27H24FN9. The maximum absolute atomic E-state index is 14.6. The van der Waals surface area contributed by atoms with Crippen LogP contribution in [0.25, 0.3) is 56.1 Å². The van der Waals surface area contributed by atoms with Gasteiger partial charge < -0.3 is 9.88 Å². The average molecular weight is 494 g/mol. The molecule has 184 valence electrons. The lowest BCUT2D eigenvalue weighted by Gasteiger charge is -2.10. The van der Waals surface area contributed by atoms with Crippen molar-refractivity contribution in [1.82, 2.24) is 45.0 Å². The molecule has 0 aliphatic carbocycles. The van der Waals surface area contributed by atoms with Gasteiger partial charge >= 0.3 is 0 Å². The van der Waals surface area contributed by atoms with E-state index in [4.69, 9.17) is 4.98 Å². The third-order valence-electron chi connectivity index (χ3n) is 6.20. The predicted molar refractivity (Wildman–Crippen MR) is 140 cm³/mol. The first kappa shape index (κ1) is 22.9. The number of nitrogens with one attached hydrogen (secondary N) is 2. The quantitative estimate of drug-likeness (QED) is 0.333. The van der Waals surface area contributed by atoms with Gasteiger partial charge in [-0.2, -0.15) is 5.10 Å². The van der Waals surface area contributed by atoms with E-state index in [-0.39, 0.29) is 5.82 Å².